The van der Waals surface area contributed by atoms with Crippen LogP contribution in [0, 0.1) is 0 Å². The van der Waals surface area contributed by atoms with Crippen LogP contribution in [0.1, 0.15) is 23.3 Å². The van der Waals surface area contributed by atoms with Crippen LogP contribution in [-0.2, 0) is 11.3 Å². The van der Waals surface area contributed by atoms with Gasteiger partial charge in [-0.25, -0.2) is 5.84 Å². The summed E-state index contributed by atoms with van der Waals surface area (Å²) in [6.45, 7) is 3.23. The predicted molar refractivity (Wildman–Crippen MR) is 68.1 cm³/mol. The van der Waals surface area contributed by atoms with Crippen molar-refractivity contribution in [2.45, 2.75) is 25.4 Å². The van der Waals surface area contributed by atoms with Crippen LogP contribution in [0.25, 0.3) is 0 Å². The molecule has 8 heteroatoms. The molecule has 0 aromatic carbocycles. The van der Waals surface area contributed by atoms with E-state index in [1.807, 2.05) is 5.43 Å². The Morgan fingerprint density at radius 1 is 1.63 bits per heavy atom. The number of carbonyl (C=O) groups excluding carboxylic acids is 1. The molecule has 1 amide bonds. The average molecular weight is 268 g/mol. The zero-order valence-electron chi connectivity index (χ0n) is 11.1. The van der Waals surface area contributed by atoms with Gasteiger partial charge in [0, 0.05) is 26.2 Å². The molecule has 8 nitrogen and oxygen atoms in total. The molecule has 1 aliphatic carbocycles. The molecule has 0 saturated heterocycles. The summed E-state index contributed by atoms with van der Waals surface area (Å²) in [4.78, 5) is 13.6. The number of hydrogen-bond donors (Lipinski definition) is 2. The molecule has 106 valence electrons. The lowest BCUT2D eigenvalue weighted by molar-refractivity contribution is 0.0948. The first-order chi connectivity index (χ1) is 9.24. The molecule has 1 heterocycles. The predicted octanol–water partition coefficient (Wildman–Crippen LogP) is -1.01. The van der Waals surface area contributed by atoms with Gasteiger partial charge in [-0.15, -0.1) is 5.10 Å². The Morgan fingerprint density at radius 3 is 3.05 bits per heavy atom. The minimum Gasteiger partial charge on any atom is -0.383 e. The first-order valence-corrected chi connectivity index (χ1v) is 6.38. The molecule has 0 radical (unpaired) electrons. The highest BCUT2D eigenvalue weighted by Crippen LogP contribution is 2.26. The van der Waals surface area contributed by atoms with Gasteiger partial charge in [0.05, 0.1) is 19.3 Å². The largest absolute Gasteiger partial charge is 0.383 e. The SMILES string of the molecule is COCCN(CCn1cc(C(=O)NN)nn1)C1CC1. The molecular weight excluding hydrogens is 248 g/mol. The Balaban J connectivity index is 1.82. The fourth-order valence-corrected chi connectivity index (χ4v) is 1.94. The summed E-state index contributed by atoms with van der Waals surface area (Å²) in [5.74, 6) is 4.61. The van der Waals surface area contributed by atoms with Crippen LogP contribution in [-0.4, -0.2) is 58.6 Å². The summed E-state index contributed by atoms with van der Waals surface area (Å²) in [6, 6.07) is 0.672. The van der Waals surface area contributed by atoms with E-state index in [0.717, 1.165) is 19.7 Å². The Kier molecular flexibility index (Phi) is 4.83. The number of hydrazine groups is 1. The summed E-state index contributed by atoms with van der Waals surface area (Å²) in [5, 5.41) is 7.67. The van der Waals surface area contributed by atoms with Crippen molar-refractivity contribution >= 4 is 5.91 Å². The third-order valence-corrected chi connectivity index (χ3v) is 3.16. The van der Waals surface area contributed by atoms with E-state index in [1.54, 1.807) is 18.0 Å². The second-order valence-electron chi connectivity index (χ2n) is 4.60. The second-order valence-corrected chi connectivity index (χ2v) is 4.60. The first kappa shape index (κ1) is 13.9. The number of nitrogen functional groups attached to an aromatic ring is 1. The molecule has 1 aromatic heterocycles. The maximum Gasteiger partial charge on any atom is 0.287 e. The molecule has 1 aliphatic rings. The van der Waals surface area contributed by atoms with E-state index in [9.17, 15) is 4.79 Å². The number of rotatable bonds is 8. The van der Waals surface area contributed by atoms with Gasteiger partial charge in [0.15, 0.2) is 5.69 Å². The van der Waals surface area contributed by atoms with Gasteiger partial charge in [-0.3, -0.25) is 19.8 Å². The summed E-state index contributed by atoms with van der Waals surface area (Å²) in [7, 11) is 1.71. The van der Waals surface area contributed by atoms with E-state index in [-0.39, 0.29) is 5.69 Å². The number of nitrogens with zero attached hydrogens (tertiary/aromatic N) is 4. The Bertz CT molecular complexity index is 417. The van der Waals surface area contributed by atoms with Crippen LogP contribution >= 0.6 is 0 Å². The van der Waals surface area contributed by atoms with Crippen molar-refractivity contribution in [1.82, 2.24) is 25.3 Å². The van der Waals surface area contributed by atoms with Gasteiger partial charge in [0.1, 0.15) is 0 Å². The summed E-state index contributed by atoms with van der Waals surface area (Å²) in [6.07, 6.45) is 4.10. The molecule has 0 bridgehead atoms. The fraction of sp³-hybridized carbons (Fsp3) is 0.727. The molecule has 0 spiro atoms. The molecule has 0 unspecified atom stereocenters. The highest BCUT2D eigenvalue weighted by molar-refractivity contribution is 5.91. The lowest BCUT2D eigenvalue weighted by atomic mass is 10.4. The van der Waals surface area contributed by atoms with Crippen molar-refractivity contribution in [2.24, 2.45) is 5.84 Å². The number of carbonyl (C=O) groups is 1. The molecule has 0 aliphatic heterocycles. The maximum atomic E-state index is 11.2. The Labute approximate surface area is 111 Å². The molecule has 3 N–H and O–H groups in total. The van der Waals surface area contributed by atoms with E-state index in [1.165, 1.54) is 12.8 Å². The smallest absolute Gasteiger partial charge is 0.287 e. The molecule has 1 fully saturated rings. The van der Waals surface area contributed by atoms with E-state index in [4.69, 9.17) is 10.6 Å². The summed E-state index contributed by atoms with van der Waals surface area (Å²) >= 11 is 0. The highest BCUT2D eigenvalue weighted by Gasteiger charge is 2.28. The van der Waals surface area contributed by atoms with E-state index in [2.05, 4.69) is 15.2 Å². The number of ether oxygens (including phenoxy) is 1. The number of nitrogens with two attached hydrogens (primary N) is 1. The lowest BCUT2D eigenvalue weighted by Gasteiger charge is -2.21. The van der Waals surface area contributed by atoms with Crippen molar-refractivity contribution in [2.75, 3.05) is 26.8 Å². The van der Waals surface area contributed by atoms with Crippen LogP contribution in [0.5, 0.6) is 0 Å². The van der Waals surface area contributed by atoms with Gasteiger partial charge >= 0.3 is 0 Å². The average Bonchev–Trinajstić information content (AvgIpc) is 3.16. The van der Waals surface area contributed by atoms with Crippen molar-refractivity contribution in [3.05, 3.63) is 11.9 Å². The fourth-order valence-electron chi connectivity index (χ4n) is 1.94. The normalized spacial score (nSPS) is 14.9. The molecule has 1 aromatic rings. The zero-order chi connectivity index (χ0) is 13.7. The van der Waals surface area contributed by atoms with E-state index < -0.39 is 5.91 Å². The van der Waals surface area contributed by atoms with Gasteiger partial charge in [0.2, 0.25) is 0 Å². The van der Waals surface area contributed by atoms with Crippen molar-refractivity contribution in [3.63, 3.8) is 0 Å². The molecule has 2 rings (SSSR count). The van der Waals surface area contributed by atoms with Crippen molar-refractivity contribution in [1.29, 1.82) is 0 Å². The van der Waals surface area contributed by atoms with Crippen LogP contribution in [0.4, 0.5) is 0 Å². The Hall–Kier alpha value is -1.51. The first-order valence-electron chi connectivity index (χ1n) is 6.38. The number of aromatic nitrogens is 3. The van der Waals surface area contributed by atoms with Crippen molar-refractivity contribution in [3.8, 4) is 0 Å². The summed E-state index contributed by atoms with van der Waals surface area (Å²) < 4.78 is 6.77. The van der Waals surface area contributed by atoms with Crippen LogP contribution in [0.3, 0.4) is 0 Å². The third-order valence-electron chi connectivity index (χ3n) is 3.16. The number of hydrogen-bond acceptors (Lipinski definition) is 6. The highest BCUT2D eigenvalue weighted by atomic mass is 16.5. The maximum absolute atomic E-state index is 11.2. The quantitative estimate of drug-likeness (QED) is 0.356. The van der Waals surface area contributed by atoms with E-state index >= 15 is 0 Å². The standard InChI is InChI=1S/C11H20N6O2/c1-19-7-6-16(9-2-3-9)4-5-17-8-10(14-15-17)11(18)13-12/h8-9H,2-7,12H2,1H3,(H,13,18). The lowest BCUT2D eigenvalue weighted by Crippen LogP contribution is -2.33. The minimum absolute atomic E-state index is 0.234. The number of nitrogens with one attached hydrogen (secondary N) is 1. The molecular formula is C11H20N6O2. The van der Waals surface area contributed by atoms with Gasteiger partial charge in [-0.2, -0.15) is 0 Å². The topological polar surface area (TPSA) is 98.3 Å². The van der Waals surface area contributed by atoms with Crippen LogP contribution in [0.2, 0.25) is 0 Å². The third kappa shape index (κ3) is 3.98. The number of amides is 1. The summed E-state index contributed by atoms with van der Waals surface area (Å²) in [5.41, 5.74) is 2.27. The zero-order valence-corrected chi connectivity index (χ0v) is 11.1. The van der Waals surface area contributed by atoms with Crippen LogP contribution in [0.15, 0.2) is 6.20 Å². The monoisotopic (exact) mass is 268 g/mol. The van der Waals surface area contributed by atoms with Crippen molar-refractivity contribution < 1.29 is 9.53 Å². The minimum atomic E-state index is -0.426. The molecule has 1 saturated carbocycles. The van der Waals surface area contributed by atoms with Gasteiger partial charge < -0.3 is 4.74 Å². The molecule has 19 heavy (non-hydrogen) atoms. The van der Waals surface area contributed by atoms with Gasteiger partial charge in [0.25, 0.3) is 5.91 Å². The Morgan fingerprint density at radius 2 is 2.42 bits per heavy atom. The molecule has 0 atom stereocenters. The number of methoxy groups -OCH3 is 1. The van der Waals surface area contributed by atoms with Crippen LogP contribution < -0.4 is 11.3 Å². The van der Waals surface area contributed by atoms with Gasteiger partial charge in [-0.05, 0) is 12.8 Å². The van der Waals surface area contributed by atoms with Gasteiger partial charge in [-0.1, -0.05) is 5.21 Å². The van der Waals surface area contributed by atoms with E-state index in [0.29, 0.717) is 12.6 Å². The second kappa shape index (κ2) is 6.60.